The molecule has 0 saturated carbocycles. The second kappa shape index (κ2) is 12.0. The maximum Gasteiger partial charge on any atom is 0.264 e. The van der Waals surface area contributed by atoms with Crippen molar-refractivity contribution in [2.75, 3.05) is 11.3 Å². The van der Waals surface area contributed by atoms with Crippen molar-refractivity contribution in [2.24, 2.45) is 0 Å². The summed E-state index contributed by atoms with van der Waals surface area (Å²) in [5.74, 6) is -0.479. The van der Waals surface area contributed by atoms with E-state index in [0.717, 1.165) is 22.3 Å². The smallest absolute Gasteiger partial charge is 0.264 e. The monoisotopic (exact) mass is 534 g/mol. The summed E-state index contributed by atoms with van der Waals surface area (Å²) in [6, 6.07) is 12.8. The number of amides is 1. The van der Waals surface area contributed by atoms with Crippen LogP contribution in [0.1, 0.15) is 48.7 Å². The normalized spacial score (nSPS) is 11.9. The first-order valence-corrected chi connectivity index (χ1v) is 13.8. The fourth-order valence-electron chi connectivity index (χ4n) is 4.18. The predicted molar refractivity (Wildman–Crippen MR) is 152 cm³/mol. The highest BCUT2D eigenvalue weighted by Gasteiger charge is 2.22. The molecule has 1 heterocycles. The van der Waals surface area contributed by atoms with Crippen LogP contribution in [0, 0.1) is 13.8 Å². The third-order valence-corrected chi connectivity index (χ3v) is 7.47. The van der Waals surface area contributed by atoms with Crippen molar-refractivity contribution in [3.05, 3.63) is 99.9 Å². The van der Waals surface area contributed by atoms with Crippen molar-refractivity contribution < 1.29 is 13.2 Å². The molecule has 0 fully saturated rings. The number of rotatable bonds is 10. The number of H-pyrrole nitrogens is 1. The molecule has 38 heavy (non-hydrogen) atoms. The number of hydrogen-bond donors (Lipinski definition) is 2. The summed E-state index contributed by atoms with van der Waals surface area (Å²) >= 11 is 0. The molecule has 0 aliphatic heterocycles. The van der Waals surface area contributed by atoms with Gasteiger partial charge >= 0.3 is 0 Å². The van der Waals surface area contributed by atoms with Gasteiger partial charge < -0.3 is 4.90 Å². The van der Waals surface area contributed by atoms with Crippen molar-refractivity contribution >= 4 is 21.9 Å². The number of hydrogen-bond acceptors (Lipinski definition) is 5. The molecule has 8 nitrogen and oxygen atoms in total. The number of aryl methyl sites for hydroxylation is 2. The maximum atomic E-state index is 13.3. The molecule has 0 aliphatic carbocycles. The third kappa shape index (κ3) is 6.86. The number of aromatic amines is 1. The number of carbonyl (C=O) groups is 1. The van der Waals surface area contributed by atoms with Crippen molar-refractivity contribution in [3.8, 4) is 11.3 Å². The Bertz CT molecular complexity index is 1520. The van der Waals surface area contributed by atoms with Gasteiger partial charge in [-0.05, 0) is 70.4 Å². The Morgan fingerprint density at radius 3 is 2.42 bits per heavy atom. The predicted octanol–water partition coefficient (Wildman–Crippen LogP) is 5.23. The van der Waals surface area contributed by atoms with E-state index in [0.29, 0.717) is 18.7 Å². The summed E-state index contributed by atoms with van der Waals surface area (Å²) in [5, 5.41) is 0. The molecule has 0 aliphatic rings. The van der Waals surface area contributed by atoms with Gasteiger partial charge in [-0.2, -0.15) is 0 Å². The minimum absolute atomic E-state index is 0.0839. The Balaban J connectivity index is 1.91. The molecule has 0 spiro atoms. The first kappa shape index (κ1) is 28.6. The van der Waals surface area contributed by atoms with E-state index in [4.69, 9.17) is 0 Å². The van der Waals surface area contributed by atoms with Gasteiger partial charge in [0.05, 0.1) is 10.6 Å². The summed E-state index contributed by atoms with van der Waals surface area (Å²) in [7, 11) is -4.16. The molecular weight excluding hydrogens is 500 g/mol. The van der Waals surface area contributed by atoms with E-state index < -0.39 is 15.6 Å². The average molecular weight is 535 g/mol. The van der Waals surface area contributed by atoms with Crippen molar-refractivity contribution in [1.29, 1.82) is 0 Å². The van der Waals surface area contributed by atoms with Crippen LogP contribution in [0.25, 0.3) is 11.3 Å². The number of carbonyl (C=O) groups excluding carboxylic acids is 1. The van der Waals surface area contributed by atoms with E-state index >= 15 is 0 Å². The first-order chi connectivity index (χ1) is 17.9. The van der Waals surface area contributed by atoms with Gasteiger partial charge in [0.25, 0.3) is 21.5 Å². The minimum Gasteiger partial charge on any atom is -0.336 e. The zero-order valence-corrected chi connectivity index (χ0v) is 23.2. The molecule has 9 heteroatoms. The van der Waals surface area contributed by atoms with Crippen LogP contribution in [-0.2, 0) is 10.0 Å². The highest BCUT2D eigenvalue weighted by molar-refractivity contribution is 7.92. The zero-order valence-electron chi connectivity index (χ0n) is 22.4. The molecule has 3 aromatic rings. The highest BCUT2D eigenvalue weighted by atomic mass is 32.2. The summed E-state index contributed by atoms with van der Waals surface area (Å²) in [6.07, 6.45) is 4.28. The Hall–Kier alpha value is -3.98. The van der Waals surface area contributed by atoms with Crippen LogP contribution in [-0.4, -0.2) is 41.8 Å². The second-order valence-electron chi connectivity index (χ2n) is 9.47. The number of benzene rings is 2. The van der Waals surface area contributed by atoms with Gasteiger partial charge in [0.15, 0.2) is 0 Å². The van der Waals surface area contributed by atoms with Crippen LogP contribution in [0.2, 0.25) is 0 Å². The highest BCUT2D eigenvalue weighted by Crippen LogP contribution is 2.25. The lowest BCUT2D eigenvalue weighted by Gasteiger charge is -2.27. The van der Waals surface area contributed by atoms with Gasteiger partial charge in [0.2, 0.25) is 5.95 Å². The number of anilines is 1. The molecule has 0 radical (unpaired) electrons. The molecule has 2 N–H and O–H groups in total. The van der Waals surface area contributed by atoms with Crippen LogP contribution < -0.4 is 10.3 Å². The number of allylic oxidation sites excluding steroid dienone is 2. The molecule has 1 aromatic heterocycles. The molecule has 1 amide bonds. The van der Waals surface area contributed by atoms with E-state index in [1.165, 1.54) is 24.3 Å². The van der Waals surface area contributed by atoms with Crippen molar-refractivity contribution in [3.63, 3.8) is 0 Å². The van der Waals surface area contributed by atoms with Crippen LogP contribution in [0.15, 0.2) is 82.5 Å². The van der Waals surface area contributed by atoms with Crippen LogP contribution in [0.4, 0.5) is 5.95 Å². The van der Waals surface area contributed by atoms with E-state index in [2.05, 4.69) is 21.3 Å². The molecule has 0 bridgehead atoms. The second-order valence-corrected chi connectivity index (χ2v) is 11.2. The standard InChI is InChI=1S/C29H34N4O4S/c1-7-10-20(4)15-16-33(19(2)3)28(35)23-13-9-14-24(17-23)38(36,37)32-29-30-25(18-26(34)31-29)27-21(5)11-8-12-22(27)6/h7-14,17-19H,1,15-16H2,2-6H3,(H2,30,31,32,34)/b20-10+. The Morgan fingerprint density at radius 2 is 1.79 bits per heavy atom. The lowest BCUT2D eigenvalue weighted by Crippen LogP contribution is -2.38. The molecule has 200 valence electrons. The number of aromatic nitrogens is 2. The molecule has 3 rings (SSSR count). The van der Waals surface area contributed by atoms with E-state index in [1.807, 2.05) is 58.9 Å². The number of nitrogens with zero attached hydrogens (tertiary/aromatic N) is 2. The van der Waals surface area contributed by atoms with E-state index in [-0.39, 0.29) is 28.4 Å². The number of sulfonamides is 1. The fraction of sp³-hybridized carbons (Fsp3) is 0.276. The Morgan fingerprint density at radius 1 is 1.13 bits per heavy atom. The molecule has 0 saturated heterocycles. The topological polar surface area (TPSA) is 112 Å². The van der Waals surface area contributed by atoms with Gasteiger partial charge in [-0.25, -0.2) is 18.1 Å². The van der Waals surface area contributed by atoms with Crippen molar-refractivity contribution in [1.82, 2.24) is 14.9 Å². The minimum atomic E-state index is -4.16. The van der Waals surface area contributed by atoms with Crippen LogP contribution >= 0.6 is 0 Å². The molecular formula is C29H34N4O4S. The van der Waals surface area contributed by atoms with Gasteiger partial charge in [-0.15, -0.1) is 0 Å². The van der Waals surface area contributed by atoms with Crippen molar-refractivity contribution in [2.45, 2.75) is 52.0 Å². The SMILES string of the molecule is C=C/C=C(\C)CCN(C(=O)c1cccc(S(=O)(=O)Nc2nc(-c3c(C)cccc3C)cc(=O)[nH]2)c1)C(C)C. The van der Waals surface area contributed by atoms with Gasteiger partial charge in [-0.3, -0.25) is 14.6 Å². The molecule has 0 unspecified atom stereocenters. The maximum absolute atomic E-state index is 13.3. The van der Waals surface area contributed by atoms with Gasteiger partial charge in [0, 0.05) is 29.8 Å². The Kier molecular flexibility index (Phi) is 9.06. The fourth-order valence-corrected chi connectivity index (χ4v) is 5.19. The quantitative estimate of drug-likeness (QED) is 0.346. The third-order valence-electron chi connectivity index (χ3n) is 6.13. The Labute approximate surface area is 224 Å². The summed E-state index contributed by atoms with van der Waals surface area (Å²) in [6.45, 7) is 13.8. The molecule has 2 aromatic carbocycles. The van der Waals surface area contributed by atoms with Gasteiger partial charge in [-0.1, -0.05) is 48.6 Å². The largest absolute Gasteiger partial charge is 0.336 e. The lowest BCUT2D eigenvalue weighted by atomic mass is 10.00. The zero-order chi connectivity index (χ0) is 28.0. The van der Waals surface area contributed by atoms with Crippen LogP contribution in [0.5, 0.6) is 0 Å². The average Bonchev–Trinajstić information content (AvgIpc) is 2.83. The summed E-state index contributed by atoms with van der Waals surface area (Å²) in [4.78, 5) is 34.1. The first-order valence-electron chi connectivity index (χ1n) is 12.3. The van der Waals surface area contributed by atoms with Gasteiger partial charge in [0.1, 0.15) is 0 Å². The summed E-state index contributed by atoms with van der Waals surface area (Å²) in [5.41, 5.74) is 3.79. The summed E-state index contributed by atoms with van der Waals surface area (Å²) < 4.78 is 28.9. The number of nitrogens with one attached hydrogen (secondary N) is 2. The van der Waals surface area contributed by atoms with E-state index in [9.17, 15) is 18.0 Å². The molecule has 0 atom stereocenters. The van der Waals surface area contributed by atoms with E-state index in [1.54, 1.807) is 17.0 Å². The lowest BCUT2D eigenvalue weighted by molar-refractivity contribution is 0.0708. The van der Waals surface area contributed by atoms with Crippen LogP contribution in [0.3, 0.4) is 0 Å².